The van der Waals surface area contributed by atoms with E-state index in [4.69, 9.17) is 4.74 Å². The van der Waals surface area contributed by atoms with E-state index in [9.17, 15) is 14.7 Å². The molecule has 1 aliphatic rings. The number of carbonyl (C=O) groups excluding carboxylic acids is 2. The number of phenolic OH excluding ortho intramolecular Hbond substituents is 1. The highest BCUT2D eigenvalue weighted by Gasteiger charge is 2.33. The largest absolute Gasteiger partial charge is 0.507 e. The van der Waals surface area contributed by atoms with E-state index in [1.54, 1.807) is 24.4 Å². The number of fused-ring (bicyclic) bond motifs is 3. The summed E-state index contributed by atoms with van der Waals surface area (Å²) in [5.74, 6) is -0.288. The van der Waals surface area contributed by atoms with E-state index in [-0.39, 0.29) is 5.75 Å². The second kappa shape index (κ2) is 8.88. The zero-order chi connectivity index (χ0) is 23.8. The Kier molecular flexibility index (Phi) is 5.75. The Labute approximate surface area is 205 Å². The molecule has 0 saturated carbocycles. The molecule has 3 aromatic carbocycles. The molecule has 6 heteroatoms. The molecule has 1 unspecified atom stereocenters. The molecule has 0 spiro atoms. The second-order valence-electron chi connectivity index (χ2n) is 8.15. The zero-order valence-corrected chi connectivity index (χ0v) is 19.9. The molecule has 1 aliphatic carbocycles. The molecule has 1 N–H and O–H groups in total. The molecule has 0 amide bonds. The van der Waals surface area contributed by atoms with Crippen LogP contribution in [0.5, 0.6) is 5.75 Å². The molecule has 1 heterocycles. The molecule has 168 valence electrons. The number of phenols is 1. The number of benzene rings is 3. The first kappa shape index (κ1) is 22.0. The minimum atomic E-state index is -0.596. The van der Waals surface area contributed by atoms with Gasteiger partial charge in [-0.1, -0.05) is 52.3 Å². The lowest BCUT2D eigenvalue weighted by atomic mass is 9.77. The highest BCUT2D eigenvalue weighted by Crippen LogP contribution is 2.50. The Morgan fingerprint density at radius 2 is 1.82 bits per heavy atom. The van der Waals surface area contributed by atoms with Gasteiger partial charge in [0.15, 0.2) is 0 Å². The molecule has 5 nitrogen and oxygen atoms in total. The smallest absolute Gasteiger partial charge is 0.303 e. The molecular formula is C28H20BrNO4. The third-order valence-corrected chi connectivity index (χ3v) is 6.57. The van der Waals surface area contributed by atoms with Gasteiger partial charge in [-0.2, -0.15) is 0 Å². The number of rotatable bonds is 4. The van der Waals surface area contributed by atoms with Gasteiger partial charge in [0.2, 0.25) is 0 Å². The Hall–Kier alpha value is -3.77. The van der Waals surface area contributed by atoms with E-state index >= 15 is 0 Å². The van der Waals surface area contributed by atoms with E-state index in [2.05, 4.69) is 20.9 Å². The van der Waals surface area contributed by atoms with Crippen LogP contribution in [0.4, 0.5) is 0 Å². The first-order chi connectivity index (χ1) is 16.5. The summed E-state index contributed by atoms with van der Waals surface area (Å²) in [5.41, 5.74) is 7.02. The quantitative estimate of drug-likeness (QED) is 0.248. The minimum absolute atomic E-state index is 0.112. The first-order valence-corrected chi connectivity index (χ1v) is 11.6. The number of halogens is 1. The molecule has 34 heavy (non-hydrogen) atoms. The van der Waals surface area contributed by atoms with E-state index in [1.165, 1.54) is 6.92 Å². The van der Waals surface area contributed by atoms with Crippen LogP contribution >= 0.6 is 15.9 Å². The van der Waals surface area contributed by atoms with Crippen molar-refractivity contribution in [1.29, 1.82) is 0 Å². The van der Waals surface area contributed by atoms with Gasteiger partial charge < -0.3 is 9.84 Å². The number of aromatic nitrogens is 1. The fraction of sp³-hybridized carbons (Fsp3) is 0.107. The van der Waals surface area contributed by atoms with Gasteiger partial charge in [-0.3, -0.25) is 14.6 Å². The molecule has 0 fully saturated rings. The summed E-state index contributed by atoms with van der Waals surface area (Å²) in [4.78, 5) is 27.9. The lowest BCUT2D eigenvalue weighted by molar-refractivity contribution is -0.146. The Morgan fingerprint density at radius 3 is 2.56 bits per heavy atom. The molecule has 0 aliphatic heterocycles. The van der Waals surface area contributed by atoms with Crippen LogP contribution in [-0.4, -0.2) is 22.3 Å². The minimum Gasteiger partial charge on any atom is -0.507 e. The lowest BCUT2D eigenvalue weighted by Crippen LogP contribution is -2.18. The van der Waals surface area contributed by atoms with E-state index in [0.29, 0.717) is 23.2 Å². The van der Waals surface area contributed by atoms with Gasteiger partial charge in [-0.15, -0.1) is 0 Å². The Bertz CT molecular complexity index is 1430. The number of hydrogen-bond acceptors (Lipinski definition) is 5. The molecule has 1 atom stereocenters. The van der Waals surface area contributed by atoms with Crippen LogP contribution < -0.4 is 0 Å². The van der Waals surface area contributed by atoms with Gasteiger partial charge in [0.1, 0.15) is 18.1 Å². The van der Waals surface area contributed by atoms with Crippen molar-refractivity contribution in [2.45, 2.75) is 19.4 Å². The van der Waals surface area contributed by atoms with Crippen LogP contribution in [0.25, 0.3) is 33.5 Å². The molecule has 1 aromatic heterocycles. The van der Waals surface area contributed by atoms with Gasteiger partial charge in [0.05, 0.1) is 5.69 Å². The summed E-state index contributed by atoms with van der Waals surface area (Å²) >= 11 is 3.47. The molecule has 0 bridgehead atoms. The standard InChI is InChI=1S/C28H20BrNO4/c1-16(32)34-26-14-23-21(24-13-17(15-31)11-12-30-24)3-2-4-22(23)27-25(33)10-9-20(28(26)27)18-5-7-19(29)8-6-18/h2-13,15,26,33H,14H2,1H3. The monoisotopic (exact) mass is 513 g/mol. The van der Waals surface area contributed by atoms with Crippen molar-refractivity contribution in [2.24, 2.45) is 0 Å². The number of esters is 1. The molecule has 5 rings (SSSR count). The van der Waals surface area contributed by atoms with Gasteiger partial charge in [-0.05, 0) is 52.6 Å². The third kappa shape index (κ3) is 3.90. The predicted octanol–water partition coefficient (Wildman–Crippen LogP) is 6.52. The van der Waals surface area contributed by atoms with Crippen molar-refractivity contribution in [3.63, 3.8) is 0 Å². The summed E-state index contributed by atoms with van der Waals surface area (Å²) in [5, 5.41) is 11.0. The summed E-state index contributed by atoms with van der Waals surface area (Å²) in [6, 6.07) is 20.6. The number of pyridine rings is 1. The number of ether oxygens (including phenoxy) is 1. The van der Waals surface area contributed by atoms with Crippen molar-refractivity contribution in [1.82, 2.24) is 4.98 Å². The van der Waals surface area contributed by atoms with Crippen LogP contribution in [0.1, 0.15) is 34.5 Å². The molecule has 0 saturated heterocycles. The average Bonchev–Trinajstić information content (AvgIpc) is 2.84. The van der Waals surface area contributed by atoms with Crippen molar-refractivity contribution in [3.8, 4) is 39.3 Å². The SMILES string of the molecule is CC(=O)OC1Cc2c(-c3cc(C=O)ccn3)cccc2-c2c(O)ccc(-c3ccc(Br)cc3)c21. The van der Waals surface area contributed by atoms with E-state index in [1.807, 2.05) is 48.5 Å². The predicted molar refractivity (Wildman–Crippen MR) is 134 cm³/mol. The van der Waals surface area contributed by atoms with Gasteiger partial charge in [-0.25, -0.2) is 0 Å². The van der Waals surface area contributed by atoms with Crippen molar-refractivity contribution < 1.29 is 19.4 Å². The van der Waals surface area contributed by atoms with Crippen LogP contribution in [0.15, 0.2) is 77.4 Å². The first-order valence-electron chi connectivity index (χ1n) is 10.8. The highest BCUT2D eigenvalue weighted by atomic mass is 79.9. The maximum absolute atomic E-state index is 12.1. The van der Waals surface area contributed by atoms with Crippen molar-refractivity contribution in [3.05, 3.63) is 94.1 Å². The second-order valence-corrected chi connectivity index (χ2v) is 9.07. The Morgan fingerprint density at radius 1 is 1.06 bits per heavy atom. The average molecular weight is 514 g/mol. The van der Waals surface area contributed by atoms with Gasteiger partial charge >= 0.3 is 5.97 Å². The topological polar surface area (TPSA) is 76.5 Å². The normalized spacial score (nSPS) is 14.1. The number of hydrogen-bond donors (Lipinski definition) is 1. The maximum atomic E-state index is 12.1. The van der Waals surface area contributed by atoms with Crippen LogP contribution in [-0.2, 0) is 16.0 Å². The van der Waals surface area contributed by atoms with Gasteiger partial charge in [0, 0.05) is 46.3 Å². The molecular weight excluding hydrogens is 494 g/mol. The maximum Gasteiger partial charge on any atom is 0.303 e. The van der Waals surface area contributed by atoms with Crippen LogP contribution in [0.2, 0.25) is 0 Å². The fourth-order valence-corrected chi connectivity index (χ4v) is 4.91. The summed E-state index contributed by atoms with van der Waals surface area (Å²) in [6.45, 7) is 1.39. The number of nitrogens with zero attached hydrogens (tertiary/aromatic N) is 1. The van der Waals surface area contributed by atoms with E-state index in [0.717, 1.165) is 44.1 Å². The van der Waals surface area contributed by atoms with Crippen LogP contribution in [0, 0.1) is 0 Å². The molecule has 4 aromatic rings. The molecule has 0 radical (unpaired) electrons. The number of carbonyl (C=O) groups is 2. The third-order valence-electron chi connectivity index (χ3n) is 6.04. The van der Waals surface area contributed by atoms with Crippen molar-refractivity contribution >= 4 is 28.2 Å². The zero-order valence-electron chi connectivity index (χ0n) is 18.3. The number of aldehydes is 1. The van der Waals surface area contributed by atoms with Gasteiger partial charge in [0.25, 0.3) is 0 Å². The summed E-state index contributed by atoms with van der Waals surface area (Å²) in [6.07, 6.45) is 2.20. The van der Waals surface area contributed by atoms with E-state index < -0.39 is 12.1 Å². The number of aromatic hydroxyl groups is 1. The summed E-state index contributed by atoms with van der Waals surface area (Å²) < 4.78 is 6.77. The summed E-state index contributed by atoms with van der Waals surface area (Å²) in [7, 11) is 0. The van der Waals surface area contributed by atoms with Crippen LogP contribution in [0.3, 0.4) is 0 Å². The highest BCUT2D eigenvalue weighted by molar-refractivity contribution is 9.10. The Balaban J connectivity index is 1.78. The lowest BCUT2D eigenvalue weighted by Gasteiger charge is -2.31. The van der Waals surface area contributed by atoms with Crippen molar-refractivity contribution in [2.75, 3.05) is 0 Å². The fourth-order valence-electron chi connectivity index (χ4n) is 4.64.